The Morgan fingerprint density at radius 2 is 1.25 bits per heavy atom. The largest absolute Gasteiger partial charge is 0.494 e. The molecule has 0 saturated heterocycles. The van der Waals surface area contributed by atoms with Gasteiger partial charge in [-0.25, -0.2) is 4.99 Å². The second-order valence-electron chi connectivity index (χ2n) is 10.9. The third kappa shape index (κ3) is 6.96. The number of nitrogens with one attached hydrogen (secondary N) is 1. The van der Waals surface area contributed by atoms with Gasteiger partial charge in [-0.15, -0.1) is 0 Å². The van der Waals surface area contributed by atoms with Gasteiger partial charge in [0, 0.05) is 5.56 Å². The van der Waals surface area contributed by atoms with Crippen LogP contribution in [0.1, 0.15) is 101 Å². The van der Waals surface area contributed by atoms with Crippen LogP contribution in [0.4, 0.5) is 0 Å². The molecule has 0 spiro atoms. The fraction of sp³-hybridized carbons (Fsp3) is 0.471. The normalized spacial score (nSPS) is 14.1. The Kier molecular flexibility index (Phi) is 10.5. The third-order valence-corrected chi connectivity index (χ3v) is 7.97. The number of ether oxygens (including phenoxy) is 2. The standard InChI is InChI=1S/C34H44N2O4/c1-5-9-11-23(7-3)21-39-27-17-13-25(14-18-27)31-29-30(34(38)35-31)32(36-33(29)37)26-15-19-28(20-16-26)40-22-24(8-4)12-10-6-2/h13-20,23-24,35,38H,5-12,21-22H2,1-4H3. The van der Waals surface area contributed by atoms with Gasteiger partial charge in [0.1, 0.15) is 11.5 Å². The van der Waals surface area contributed by atoms with Crippen LogP contribution in [0.3, 0.4) is 0 Å². The number of carbonyl (C=O) groups excluding carboxylic acids is 1. The van der Waals surface area contributed by atoms with Crippen LogP contribution in [0.15, 0.2) is 53.5 Å². The number of hydrogen-bond acceptors (Lipinski definition) is 4. The van der Waals surface area contributed by atoms with Crippen LogP contribution in [-0.4, -0.2) is 34.9 Å². The summed E-state index contributed by atoms with van der Waals surface area (Å²) in [5.41, 5.74) is 3.43. The minimum atomic E-state index is -0.361. The first-order chi connectivity index (χ1) is 19.5. The quantitative estimate of drug-likeness (QED) is 0.189. The molecule has 0 saturated carbocycles. The molecular formula is C34H44N2O4. The molecule has 2 unspecified atom stereocenters. The van der Waals surface area contributed by atoms with Crippen LogP contribution in [0.25, 0.3) is 11.3 Å². The fourth-order valence-electron chi connectivity index (χ4n) is 5.22. The van der Waals surface area contributed by atoms with Gasteiger partial charge in [0.15, 0.2) is 5.88 Å². The van der Waals surface area contributed by atoms with E-state index in [9.17, 15) is 9.90 Å². The number of fused-ring (bicyclic) bond motifs is 1. The Morgan fingerprint density at radius 3 is 1.73 bits per heavy atom. The van der Waals surface area contributed by atoms with Crippen molar-refractivity contribution in [2.45, 2.75) is 79.1 Å². The Bertz CT molecular complexity index is 1270. The highest BCUT2D eigenvalue weighted by Gasteiger charge is 2.33. The van der Waals surface area contributed by atoms with E-state index in [0.717, 1.165) is 35.5 Å². The number of amides is 1. The first-order valence-corrected chi connectivity index (χ1v) is 15.0. The van der Waals surface area contributed by atoms with E-state index in [4.69, 9.17) is 9.47 Å². The van der Waals surface area contributed by atoms with Gasteiger partial charge in [0.05, 0.1) is 35.7 Å². The highest BCUT2D eigenvalue weighted by atomic mass is 16.5. The topological polar surface area (TPSA) is 83.9 Å². The molecule has 2 heterocycles. The lowest BCUT2D eigenvalue weighted by atomic mass is 9.99. The monoisotopic (exact) mass is 544 g/mol. The molecule has 0 fully saturated rings. The molecule has 2 aromatic carbocycles. The van der Waals surface area contributed by atoms with Crippen molar-refractivity contribution in [3.05, 3.63) is 65.2 Å². The molecule has 3 aromatic rings. The maximum absolute atomic E-state index is 13.0. The van der Waals surface area contributed by atoms with Crippen LogP contribution in [-0.2, 0) is 0 Å². The molecule has 1 amide bonds. The lowest BCUT2D eigenvalue weighted by Crippen LogP contribution is -2.11. The summed E-state index contributed by atoms with van der Waals surface area (Å²) in [5.74, 6) is 2.28. The van der Waals surface area contributed by atoms with E-state index in [1.807, 2.05) is 48.5 Å². The summed E-state index contributed by atoms with van der Waals surface area (Å²) < 4.78 is 12.1. The average Bonchev–Trinajstić information content (AvgIpc) is 3.51. The minimum absolute atomic E-state index is 0.0568. The van der Waals surface area contributed by atoms with Crippen molar-refractivity contribution in [2.24, 2.45) is 16.8 Å². The minimum Gasteiger partial charge on any atom is -0.494 e. The smallest absolute Gasteiger partial charge is 0.280 e. The van der Waals surface area contributed by atoms with E-state index in [1.165, 1.54) is 38.5 Å². The number of hydrogen-bond donors (Lipinski definition) is 2. The molecule has 0 aliphatic carbocycles. The maximum Gasteiger partial charge on any atom is 0.280 e. The van der Waals surface area contributed by atoms with Crippen molar-refractivity contribution in [3.63, 3.8) is 0 Å². The van der Waals surface area contributed by atoms with Gasteiger partial charge in [-0.3, -0.25) is 4.79 Å². The Morgan fingerprint density at radius 1 is 0.750 bits per heavy atom. The second-order valence-corrected chi connectivity index (χ2v) is 10.9. The number of H-pyrrole nitrogens is 1. The summed E-state index contributed by atoms with van der Waals surface area (Å²) in [6, 6.07) is 15.3. The van der Waals surface area contributed by atoms with Gasteiger partial charge in [0.2, 0.25) is 0 Å². The van der Waals surface area contributed by atoms with Crippen molar-refractivity contribution >= 4 is 11.6 Å². The number of aromatic nitrogens is 1. The lowest BCUT2D eigenvalue weighted by Gasteiger charge is -2.15. The van der Waals surface area contributed by atoms with Crippen LogP contribution in [0.2, 0.25) is 0 Å². The number of rotatable bonds is 16. The number of aromatic amines is 1. The van der Waals surface area contributed by atoms with E-state index >= 15 is 0 Å². The molecule has 4 rings (SSSR count). The van der Waals surface area contributed by atoms with E-state index in [0.29, 0.717) is 47.6 Å². The summed E-state index contributed by atoms with van der Waals surface area (Å²) in [4.78, 5) is 20.4. The zero-order valence-corrected chi connectivity index (χ0v) is 24.5. The molecule has 0 radical (unpaired) electrons. The molecule has 40 heavy (non-hydrogen) atoms. The van der Waals surface area contributed by atoms with Crippen LogP contribution >= 0.6 is 0 Å². The van der Waals surface area contributed by atoms with Crippen molar-refractivity contribution in [3.8, 4) is 28.6 Å². The van der Waals surface area contributed by atoms with Gasteiger partial charge in [-0.05, 0) is 78.8 Å². The predicted octanol–water partition coefficient (Wildman–Crippen LogP) is 8.57. The molecule has 2 N–H and O–H groups in total. The molecular weight excluding hydrogens is 500 g/mol. The van der Waals surface area contributed by atoms with E-state index < -0.39 is 0 Å². The highest BCUT2D eigenvalue weighted by molar-refractivity contribution is 6.30. The maximum atomic E-state index is 13.0. The predicted molar refractivity (Wildman–Crippen MR) is 162 cm³/mol. The second kappa shape index (κ2) is 14.2. The Labute approximate surface area is 238 Å². The van der Waals surface area contributed by atoms with E-state index in [2.05, 4.69) is 37.7 Å². The van der Waals surface area contributed by atoms with Crippen LogP contribution < -0.4 is 9.47 Å². The van der Waals surface area contributed by atoms with E-state index in [1.54, 1.807) is 0 Å². The zero-order valence-electron chi connectivity index (χ0n) is 24.5. The number of carbonyl (C=O) groups is 1. The van der Waals surface area contributed by atoms with Crippen molar-refractivity contribution in [2.75, 3.05) is 13.2 Å². The Balaban J connectivity index is 1.45. The van der Waals surface area contributed by atoms with Crippen molar-refractivity contribution in [1.82, 2.24) is 4.98 Å². The van der Waals surface area contributed by atoms with Crippen LogP contribution in [0, 0.1) is 11.8 Å². The number of benzene rings is 2. The van der Waals surface area contributed by atoms with Crippen LogP contribution in [0.5, 0.6) is 17.4 Å². The van der Waals surface area contributed by atoms with Crippen molar-refractivity contribution < 1.29 is 19.4 Å². The molecule has 2 atom stereocenters. The average molecular weight is 545 g/mol. The summed E-state index contributed by atoms with van der Waals surface area (Å²) >= 11 is 0. The lowest BCUT2D eigenvalue weighted by molar-refractivity contribution is 0.101. The number of aromatic hydroxyl groups is 1. The van der Waals surface area contributed by atoms with Crippen molar-refractivity contribution in [1.29, 1.82) is 0 Å². The molecule has 214 valence electrons. The molecule has 0 bridgehead atoms. The van der Waals surface area contributed by atoms with Gasteiger partial charge in [-0.1, -0.05) is 66.2 Å². The summed E-state index contributed by atoms with van der Waals surface area (Å²) in [6.45, 7) is 10.2. The zero-order chi connectivity index (χ0) is 28.5. The van der Waals surface area contributed by atoms with Gasteiger partial charge >= 0.3 is 0 Å². The number of unbranched alkanes of at least 4 members (excludes halogenated alkanes) is 2. The summed E-state index contributed by atoms with van der Waals surface area (Å²) in [7, 11) is 0. The summed E-state index contributed by atoms with van der Waals surface area (Å²) in [5, 5.41) is 10.8. The fourth-order valence-corrected chi connectivity index (χ4v) is 5.22. The SMILES string of the molecule is CCCCC(CC)COc1ccc(C2=NC(=O)c3c(-c4ccc(OCC(CC)CCCC)cc4)[nH]c(O)c32)cc1. The number of nitrogens with zero attached hydrogens (tertiary/aromatic N) is 1. The summed E-state index contributed by atoms with van der Waals surface area (Å²) in [6.07, 6.45) is 9.38. The van der Waals surface area contributed by atoms with Gasteiger partial charge in [-0.2, -0.15) is 0 Å². The molecule has 1 aromatic heterocycles. The molecule has 1 aliphatic rings. The first-order valence-electron chi connectivity index (χ1n) is 15.0. The number of aliphatic imine (C=N–C) groups is 1. The molecule has 6 nitrogen and oxygen atoms in total. The Hall–Kier alpha value is -3.54. The molecule has 1 aliphatic heterocycles. The van der Waals surface area contributed by atoms with Gasteiger partial charge < -0.3 is 19.6 Å². The molecule has 6 heteroatoms. The third-order valence-electron chi connectivity index (χ3n) is 7.97. The van der Waals surface area contributed by atoms with E-state index in [-0.39, 0.29) is 11.8 Å². The highest BCUT2D eigenvalue weighted by Crippen LogP contribution is 2.38. The first kappa shape index (κ1) is 29.4. The van der Waals surface area contributed by atoms with Gasteiger partial charge in [0.25, 0.3) is 5.91 Å².